The number of nitrogens with one attached hydrogen (secondary N) is 2. The molecule has 0 aliphatic rings. The van der Waals surface area contributed by atoms with Crippen molar-refractivity contribution in [1.29, 1.82) is 0 Å². The van der Waals surface area contributed by atoms with Crippen molar-refractivity contribution in [2.24, 2.45) is 0 Å². The van der Waals surface area contributed by atoms with Gasteiger partial charge in [0.2, 0.25) is 5.91 Å². The average molecular weight is 484 g/mol. The minimum Gasteiger partial charge on any atom is -0.496 e. The molecular weight excluding hydrogens is 462 g/mol. The van der Waals surface area contributed by atoms with Crippen LogP contribution < -0.4 is 15.4 Å². The number of aliphatic hydroxyl groups excluding tert-OH is 1. The van der Waals surface area contributed by atoms with E-state index in [0.717, 1.165) is 0 Å². The lowest BCUT2D eigenvalue weighted by atomic mass is 10.1. The van der Waals surface area contributed by atoms with Crippen LogP contribution in [0.4, 0.5) is 5.69 Å². The van der Waals surface area contributed by atoms with Crippen molar-refractivity contribution in [2.45, 2.75) is 13.0 Å². The zero-order valence-corrected chi connectivity index (χ0v) is 19.0. The van der Waals surface area contributed by atoms with Gasteiger partial charge in [-0.15, -0.1) is 0 Å². The Morgan fingerprint density at radius 3 is 2.94 bits per heavy atom. The molecule has 12 heteroatoms. The van der Waals surface area contributed by atoms with Gasteiger partial charge < -0.3 is 20.5 Å². The molecule has 0 saturated heterocycles. The van der Waals surface area contributed by atoms with Crippen LogP contribution in [0.1, 0.15) is 16.8 Å². The van der Waals surface area contributed by atoms with Crippen molar-refractivity contribution >= 4 is 34.7 Å². The van der Waals surface area contributed by atoms with Gasteiger partial charge in [0.05, 0.1) is 19.0 Å². The topological polar surface area (TPSA) is 136 Å². The Morgan fingerprint density at radius 1 is 1.29 bits per heavy atom. The Hall–Kier alpha value is -3.96. The van der Waals surface area contributed by atoms with E-state index in [-0.39, 0.29) is 24.6 Å². The van der Waals surface area contributed by atoms with Gasteiger partial charge >= 0.3 is 0 Å². The van der Waals surface area contributed by atoms with E-state index in [1.165, 1.54) is 22.5 Å². The number of halogens is 1. The maximum atomic E-state index is 13.1. The molecule has 11 nitrogen and oxygen atoms in total. The van der Waals surface area contributed by atoms with Crippen LogP contribution in [0.3, 0.4) is 0 Å². The predicted octanol–water partition coefficient (Wildman–Crippen LogP) is 2.01. The first kappa shape index (κ1) is 23.2. The molecule has 0 aliphatic heterocycles. The number of rotatable bonds is 9. The summed E-state index contributed by atoms with van der Waals surface area (Å²) >= 11 is 6.21. The van der Waals surface area contributed by atoms with Crippen molar-refractivity contribution in [1.82, 2.24) is 29.7 Å². The number of carbonyl (C=O) groups excluding carboxylic acids is 2. The summed E-state index contributed by atoms with van der Waals surface area (Å²) in [5.74, 6) is -0.233. The molecule has 0 saturated carbocycles. The summed E-state index contributed by atoms with van der Waals surface area (Å²) in [4.78, 5) is 29.6. The van der Waals surface area contributed by atoms with Crippen molar-refractivity contribution in [2.75, 3.05) is 25.6 Å². The number of nitrogens with zero attached hydrogens (tertiary/aromatic N) is 5. The lowest BCUT2D eigenvalue weighted by Gasteiger charge is -2.09. The molecule has 3 heterocycles. The van der Waals surface area contributed by atoms with E-state index in [1.54, 1.807) is 42.9 Å². The second-order valence-electron chi connectivity index (χ2n) is 7.26. The normalized spacial score (nSPS) is 10.9. The smallest absolute Gasteiger partial charge is 0.261 e. The van der Waals surface area contributed by atoms with Crippen LogP contribution in [0.5, 0.6) is 5.75 Å². The van der Waals surface area contributed by atoms with Gasteiger partial charge in [0, 0.05) is 42.3 Å². The Labute approximate surface area is 199 Å². The van der Waals surface area contributed by atoms with E-state index in [4.69, 9.17) is 21.4 Å². The summed E-state index contributed by atoms with van der Waals surface area (Å²) in [7, 11) is 1.52. The van der Waals surface area contributed by atoms with E-state index in [2.05, 4.69) is 25.8 Å². The summed E-state index contributed by atoms with van der Waals surface area (Å²) < 4.78 is 8.36. The largest absolute Gasteiger partial charge is 0.496 e. The highest BCUT2D eigenvalue weighted by molar-refractivity contribution is 6.31. The van der Waals surface area contributed by atoms with Crippen molar-refractivity contribution in [3.63, 3.8) is 0 Å². The van der Waals surface area contributed by atoms with E-state index < -0.39 is 5.91 Å². The molecule has 0 aliphatic carbocycles. The van der Waals surface area contributed by atoms with Crippen molar-refractivity contribution in [3.05, 3.63) is 59.6 Å². The van der Waals surface area contributed by atoms with E-state index in [9.17, 15) is 9.59 Å². The van der Waals surface area contributed by atoms with Gasteiger partial charge in [-0.3, -0.25) is 14.3 Å². The number of carbonyl (C=O) groups is 2. The molecule has 3 N–H and O–H groups in total. The van der Waals surface area contributed by atoms with Crippen LogP contribution in [0.25, 0.3) is 16.9 Å². The molecule has 4 rings (SSSR count). The van der Waals surface area contributed by atoms with E-state index >= 15 is 0 Å². The summed E-state index contributed by atoms with van der Waals surface area (Å²) in [6, 6.07) is 6.75. The van der Waals surface area contributed by atoms with Gasteiger partial charge in [0.1, 0.15) is 23.6 Å². The number of hydrogen-bond donors (Lipinski definition) is 3. The molecule has 3 aromatic heterocycles. The number of fused-ring (bicyclic) bond motifs is 1. The Bertz CT molecular complexity index is 1330. The number of anilines is 1. The first-order valence-electron chi connectivity index (χ1n) is 10.4. The lowest BCUT2D eigenvalue weighted by molar-refractivity contribution is -0.121. The predicted molar refractivity (Wildman–Crippen MR) is 125 cm³/mol. The van der Waals surface area contributed by atoms with Crippen molar-refractivity contribution in [3.8, 4) is 17.0 Å². The fourth-order valence-corrected chi connectivity index (χ4v) is 3.52. The molecule has 34 heavy (non-hydrogen) atoms. The van der Waals surface area contributed by atoms with Crippen LogP contribution in [-0.4, -0.2) is 61.6 Å². The fourth-order valence-electron chi connectivity index (χ4n) is 3.34. The highest BCUT2D eigenvalue weighted by Crippen LogP contribution is 2.36. The van der Waals surface area contributed by atoms with Crippen LogP contribution in [0.15, 0.2) is 49.1 Å². The average Bonchev–Trinajstić information content (AvgIpc) is 3.43. The summed E-state index contributed by atoms with van der Waals surface area (Å²) in [6.45, 7) is 0.238. The van der Waals surface area contributed by atoms with Crippen LogP contribution in [0, 0.1) is 0 Å². The van der Waals surface area contributed by atoms with Gasteiger partial charge in [-0.2, -0.15) is 10.2 Å². The Kier molecular flexibility index (Phi) is 7.04. The van der Waals surface area contributed by atoms with E-state index in [1.807, 2.05) is 0 Å². The minimum absolute atomic E-state index is 0.0185. The molecule has 1 aromatic carbocycles. The first-order valence-corrected chi connectivity index (χ1v) is 10.8. The molecule has 4 aromatic rings. The van der Waals surface area contributed by atoms with Crippen LogP contribution in [-0.2, 0) is 11.3 Å². The fraction of sp³-hybridized carbons (Fsp3) is 0.227. The number of ether oxygens (including phenoxy) is 1. The minimum atomic E-state index is -0.442. The standard InChI is InChI=1S/C22H22ClN7O4/c1-34-18-5-4-14(23)10-15(18)20-17(12-29(28-20)13-19(32)24-7-3-9-31)27-22(33)16-11-26-30-8-2-6-25-21(16)30/h2,4-6,8,10-12,31H,3,7,9,13H2,1H3,(H,24,32)(H,27,33). The van der Waals surface area contributed by atoms with Crippen LogP contribution >= 0.6 is 11.6 Å². The molecule has 0 bridgehead atoms. The molecule has 0 spiro atoms. The van der Waals surface area contributed by atoms with Crippen molar-refractivity contribution < 1.29 is 19.4 Å². The number of benzene rings is 1. The molecular formula is C22H22ClN7O4. The molecule has 0 atom stereocenters. The van der Waals surface area contributed by atoms with Gasteiger partial charge in [0.25, 0.3) is 5.91 Å². The SMILES string of the molecule is COc1ccc(Cl)cc1-c1nn(CC(=O)NCCCO)cc1NC(=O)c1cnn2cccnc12. The Balaban J connectivity index is 1.68. The maximum Gasteiger partial charge on any atom is 0.261 e. The monoisotopic (exact) mass is 483 g/mol. The van der Waals surface area contributed by atoms with Gasteiger partial charge in [-0.05, 0) is 30.7 Å². The zero-order valence-electron chi connectivity index (χ0n) is 18.2. The van der Waals surface area contributed by atoms with Gasteiger partial charge in [-0.1, -0.05) is 11.6 Å². The van der Waals surface area contributed by atoms with Gasteiger partial charge in [-0.25, -0.2) is 9.50 Å². The number of hydrogen-bond acceptors (Lipinski definition) is 7. The second-order valence-corrected chi connectivity index (χ2v) is 7.70. The summed E-state index contributed by atoms with van der Waals surface area (Å²) in [5.41, 5.74) is 1.95. The number of methoxy groups -OCH3 is 1. The zero-order chi connectivity index (χ0) is 24.1. The second kappa shape index (κ2) is 10.3. The quantitative estimate of drug-likeness (QED) is 0.310. The lowest BCUT2D eigenvalue weighted by Crippen LogP contribution is -2.29. The first-order chi connectivity index (χ1) is 16.5. The third kappa shape index (κ3) is 5.00. The number of aliphatic hydroxyl groups is 1. The molecule has 0 radical (unpaired) electrons. The molecule has 2 amide bonds. The van der Waals surface area contributed by atoms with Crippen LogP contribution in [0.2, 0.25) is 5.02 Å². The third-order valence-electron chi connectivity index (χ3n) is 4.91. The Morgan fingerprint density at radius 2 is 2.15 bits per heavy atom. The molecule has 0 fully saturated rings. The number of amides is 2. The molecule has 0 unspecified atom stereocenters. The third-order valence-corrected chi connectivity index (χ3v) is 5.15. The maximum absolute atomic E-state index is 13.1. The highest BCUT2D eigenvalue weighted by atomic mass is 35.5. The highest BCUT2D eigenvalue weighted by Gasteiger charge is 2.21. The summed E-state index contributed by atoms with van der Waals surface area (Å²) in [6.07, 6.45) is 6.69. The number of aromatic nitrogens is 5. The van der Waals surface area contributed by atoms with Gasteiger partial charge in [0.15, 0.2) is 5.65 Å². The molecule has 176 valence electrons. The van der Waals surface area contributed by atoms with E-state index in [0.29, 0.717) is 46.3 Å². The summed E-state index contributed by atoms with van der Waals surface area (Å²) in [5, 5.41) is 23.5.